The summed E-state index contributed by atoms with van der Waals surface area (Å²) in [5.41, 5.74) is 4.20. The van der Waals surface area contributed by atoms with Crippen molar-refractivity contribution >= 4 is 17.4 Å². The molecule has 0 bridgehead atoms. The Balaban J connectivity index is 1.72. The Bertz CT molecular complexity index is 591. The van der Waals surface area contributed by atoms with Gasteiger partial charge in [0.15, 0.2) is 0 Å². The topological polar surface area (TPSA) is 12.0 Å². The number of rotatable bonds is 4. The summed E-state index contributed by atoms with van der Waals surface area (Å²) in [6.45, 7) is 5.52. The van der Waals surface area contributed by atoms with Crippen LogP contribution in [0.25, 0.3) is 0 Å². The van der Waals surface area contributed by atoms with E-state index in [1.165, 1.54) is 27.5 Å². The number of anilines is 1. The van der Waals surface area contributed by atoms with Gasteiger partial charge in [-0.05, 0) is 29.2 Å². The van der Waals surface area contributed by atoms with E-state index < -0.39 is 0 Å². The van der Waals surface area contributed by atoms with E-state index in [1.54, 1.807) is 0 Å². The first-order chi connectivity index (χ1) is 9.75. The molecule has 0 saturated carbocycles. The van der Waals surface area contributed by atoms with Crippen LogP contribution in [0, 0.1) is 0 Å². The van der Waals surface area contributed by atoms with Crippen LogP contribution in [0.4, 0.5) is 5.69 Å². The summed E-state index contributed by atoms with van der Waals surface area (Å²) in [4.78, 5) is 1.46. The summed E-state index contributed by atoms with van der Waals surface area (Å²) in [6, 6.07) is 17.5. The molecule has 0 aliphatic carbocycles. The highest BCUT2D eigenvalue weighted by Crippen LogP contribution is 2.39. The van der Waals surface area contributed by atoms with Gasteiger partial charge < -0.3 is 5.32 Å². The van der Waals surface area contributed by atoms with Gasteiger partial charge in [0, 0.05) is 28.8 Å². The lowest BCUT2D eigenvalue weighted by molar-refractivity contribution is 0.810. The number of hydrogen-bond donors (Lipinski definition) is 1. The predicted molar refractivity (Wildman–Crippen MR) is 88.9 cm³/mol. The molecule has 0 radical (unpaired) electrons. The lowest BCUT2D eigenvalue weighted by atomic mass is 9.99. The van der Waals surface area contributed by atoms with E-state index in [0.29, 0.717) is 11.8 Å². The molecule has 0 amide bonds. The normalized spacial score (nSPS) is 17.2. The van der Waals surface area contributed by atoms with Crippen LogP contribution >= 0.6 is 11.8 Å². The number of thioether (sulfide) groups is 1. The molecule has 1 unspecified atom stereocenters. The second kappa shape index (κ2) is 5.92. The minimum Gasteiger partial charge on any atom is -0.384 e. The molecule has 0 aromatic heterocycles. The molecule has 2 aromatic carbocycles. The minimum absolute atomic E-state index is 0.559. The number of para-hydroxylation sites is 1. The quantitative estimate of drug-likeness (QED) is 0.836. The Kier molecular flexibility index (Phi) is 4.02. The highest BCUT2D eigenvalue weighted by Gasteiger charge is 2.22. The summed E-state index contributed by atoms with van der Waals surface area (Å²) in [5, 5.41) is 3.66. The Morgan fingerprint density at radius 2 is 1.85 bits per heavy atom. The molecule has 1 aliphatic heterocycles. The van der Waals surface area contributed by atoms with Crippen molar-refractivity contribution in [3.63, 3.8) is 0 Å². The van der Waals surface area contributed by atoms with Gasteiger partial charge in [0.1, 0.15) is 0 Å². The maximum absolute atomic E-state index is 3.66. The van der Waals surface area contributed by atoms with Crippen molar-refractivity contribution in [2.75, 3.05) is 17.6 Å². The van der Waals surface area contributed by atoms with Gasteiger partial charge in [-0.3, -0.25) is 0 Å². The second-order valence-corrected chi connectivity index (χ2v) is 6.73. The molecule has 1 nitrogen and oxygen atoms in total. The average Bonchev–Trinajstić information content (AvgIpc) is 2.88. The lowest BCUT2D eigenvalue weighted by Crippen LogP contribution is -2.13. The van der Waals surface area contributed by atoms with E-state index in [0.717, 1.165) is 6.54 Å². The molecule has 0 spiro atoms. The first-order valence-corrected chi connectivity index (χ1v) is 8.29. The van der Waals surface area contributed by atoms with Crippen LogP contribution in [0.15, 0.2) is 53.4 Å². The number of fused-ring (bicyclic) bond motifs is 1. The van der Waals surface area contributed by atoms with Gasteiger partial charge in [-0.1, -0.05) is 50.2 Å². The molecular formula is C18H21NS. The van der Waals surface area contributed by atoms with E-state index in [9.17, 15) is 0 Å². The van der Waals surface area contributed by atoms with Gasteiger partial charge in [0.25, 0.3) is 0 Å². The zero-order valence-electron chi connectivity index (χ0n) is 12.1. The molecule has 1 N–H and O–H groups in total. The molecule has 104 valence electrons. The Labute approximate surface area is 125 Å². The average molecular weight is 283 g/mol. The first kappa shape index (κ1) is 13.6. The summed E-state index contributed by atoms with van der Waals surface area (Å²) in [5.74, 6) is 2.37. The van der Waals surface area contributed by atoms with Crippen molar-refractivity contribution in [3.05, 3.63) is 59.7 Å². The minimum atomic E-state index is 0.559. The second-order valence-electron chi connectivity index (χ2n) is 5.67. The number of benzene rings is 2. The largest absolute Gasteiger partial charge is 0.384 e. The molecule has 2 aromatic rings. The van der Waals surface area contributed by atoms with Crippen molar-refractivity contribution in [1.29, 1.82) is 0 Å². The van der Waals surface area contributed by atoms with Crippen LogP contribution in [0.2, 0.25) is 0 Å². The van der Waals surface area contributed by atoms with Gasteiger partial charge in [-0.15, -0.1) is 11.8 Å². The maximum Gasteiger partial charge on any atom is 0.0375 e. The van der Waals surface area contributed by atoms with Crippen LogP contribution < -0.4 is 5.32 Å². The summed E-state index contributed by atoms with van der Waals surface area (Å²) >= 11 is 1.98. The molecule has 1 atom stereocenters. The van der Waals surface area contributed by atoms with E-state index >= 15 is 0 Å². The van der Waals surface area contributed by atoms with Crippen molar-refractivity contribution in [1.82, 2.24) is 0 Å². The van der Waals surface area contributed by atoms with E-state index in [-0.39, 0.29) is 0 Å². The van der Waals surface area contributed by atoms with Crippen LogP contribution in [-0.2, 0) is 0 Å². The van der Waals surface area contributed by atoms with Crippen LogP contribution in [0.3, 0.4) is 0 Å². The Morgan fingerprint density at radius 3 is 2.70 bits per heavy atom. The molecule has 2 heteroatoms. The van der Waals surface area contributed by atoms with Crippen molar-refractivity contribution in [3.8, 4) is 0 Å². The number of hydrogen-bond acceptors (Lipinski definition) is 2. The van der Waals surface area contributed by atoms with Gasteiger partial charge in [0.05, 0.1) is 0 Å². The third-order valence-corrected chi connectivity index (χ3v) is 5.17. The van der Waals surface area contributed by atoms with E-state index in [4.69, 9.17) is 0 Å². The molecular weight excluding hydrogens is 262 g/mol. The van der Waals surface area contributed by atoms with Crippen molar-refractivity contribution in [2.45, 2.75) is 30.6 Å². The highest BCUT2D eigenvalue weighted by atomic mass is 32.2. The maximum atomic E-state index is 3.66. The Morgan fingerprint density at radius 1 is 1.10 bits per heavy atom. The monoisotopic (exact) mass is 283 g/mol. The lowest BCUT2D eigenvalue weighted by Gasteiger charge is -2.17. The zero-order chi connectivity index (χ0) is 13.9. The molecule has 20 heavy (non-hydrogen) atoms. The first-order valence-electron chi connectivity index (χ1n) is 7.30. The number of nitrogens with one attached hydrogen (secondary N) is 1. The van der Waals surface area contributed by atoms with Gasteiger partial charge in [-0.25, -0.2) is 0 Å². The fraction of sp³-hybridized carbons (Fsp3) is 0.333. The van der Waals surface area contributed by atoms with Gasteiger partial charge in [-0.2, -0.15) is 0 Å². The van der Waals surface area contributed by atoms with Crippen LogP contribution in [0.1, 0.15) is 36.8 Å². The third kappa shape index (κ3) is 2.71. The molecule has 0 fully saturated rings. The summed E-state index contributed by atoms with van der Waals surface area (Å²) in [6.07, 6.45) is 0. The van der Waals surface area contributed by atoms with Crippen molar-refractivity contribution < 1.29 is 0 Å². The Hall–Kier alpha value is -1.41. The standard InChI is InChI=1S/C18H21NS/c1-13(2)15-7-3-5-9-17(15)19-11-14-12-20-18-10-6-4-8-16(14)18/h3-10,13-14,19H,11-12H2,1-2H3. The molecule has 0 saturated heterocycles. The van der Waals surface area contributed by atoms with Crippen LogP contribution in [-0.4, -0.2) is 12.3 Å². The zero-order valence-corrected chi connectivity index (χ0v) is 12.9. The molecule has 1 heterocycles. The molecule has 3 rings (SSSR count). The highest BCUT2D eigenvalue weighted by molar-refractivity contribution is 7.99. The molecule has 1 aliphatic rings. The summed E-state index contributed by atoms with van der Waals surface area (Å²) < 4.78 is 0. The van der Waals surface area contributed by atoms with Gasteiger partial charge in [0.2, 0.25) is 0 Å². The fourth-order valence-electron chi connectivity index (χ4n) is 2.79. The van der Waals surface area contributed by atoms with E-state index in [2.05, 4.69) is 67.7 Å². The third-order valence-electron chi connectivity index (χ3n) is 3.92. The smallest absolute Gasteiger partial charge is 0.0375 e. The van der Waals surface area contributed by atoms with Crippen LogP contribution in [0.5, 0.6) is 0 Å². The van der Waals surface area contributed by atoms with Gasteiger partial charge >= 0.3 is 0 Å². The van der Waals surface area contributed by atoms with E-state index in [1.807, 2.05) is 11.8 Å². The fourth-order valence-corrected chi connectivity index (χ4v) is 4.05. The van der Waals surface area contributed by atoms with Crippen molar-refractivity contribution in [2.24, 2.45) is 0 Å². The SMILES string of the molecule is CC(C)c1ccccc1NCC1CSc2ccccc21. The summed E-state index contributed by atoms with van der Waals surface area (Å²) in [7, 11) is 0. The predicted octanol–water partition coefficient (Wildman–Crippen LogP) is 5.11.